The smallest absolute Gasteiger partial charge is 0.359 e. The van der Waals surface area contributed by atoms with E-state index in [2.05, 4.69) is 15.3 Å². The number of aliphatic hydroxyl groups is 3. The van der Waals surface area contributed by atoms with Crippen molar-refractivity contribution in [3.05, 3.63) is 58.8 Å². The number of nitrogens with two attached hydrogens (primary N) is 1. The predicted molar refractivity (Wildman–Crippen MR) is 158 cm³/mol. The summed E-state index contributed by atoms with van der Waals surface area (Å²) in [6.45, 7) is 7.14. The molecule has 0 amide bonds. The molecule has 5 atom stereocenters. The first-order valence-corrected chi connectivity index (χ1v) is 16.0. The van der Waals surface area contributed by atoms with E-state index in [1.807, 2.05) is 30.3 Å². The van der Waals surface area contributed by atoms with Crippen LogP contribution in [0.25, 0.3) is 11.3 Å². The zero-order chi connectivity index (χ0) is 31.6. The molecule has 43 heavy (non-hydrogen) atoms. The lowest BCUT2D eigenvalue weighted by molar-refractivity contribution is -0.0781. The number of hydrogen-bond acceptors (Lipinski definition) is 11. The molecule has 0 bridgehead atoms. The molecule has 3 aromatic rings. The van der Waals surface area contributed by atoms with Gasteiger partial charge in [0.15, 0.2) is 11.6 Å². The minimum Gasteiger partial charge on any atom is -0.388 e. The molecule has 14 nitrogen and oxygen atoms in total. The highest BCUT2D eigenvalue weighted by Crippen LogP contribution is 2.61. The van der Waals surface area contributed by atoms with Crippen molar-refractivity contribution in [2.75, 3.05) is 5.73 Å². The Morgan fingerprint density at radius 1 is 1.05 bits per heavy atom. The van der Waals surface area contributed by atoms with Gasteiger partial charge in [-0.05, 0) is 31.2 Å². The van der Waals surface area contributed by atoms with Crippen LogP contribution in [0.3, 0.4) is 0 Å². The molecular formula is C28H41N6O8P. The van der Waals surface area contributed by atoms with E-state index in [0.29, 0.717) is 12.2 Å². The van der Waals surface area contributed by atoms with E-state index >= 15 is 0 Å². The third-order valence-electron chi connectivity index (χ3n) is 8.43. The predicted octanol–water partition coefficient (Wildman–Crippen LogP) is 2.41. The highest BCUT2D eigenvalue weighted by molar-refractivity contribution is 7.54. The lowest BCUT2D eigenvalue weighted by Gasteiger charge is -2.40. The van der Waals surface area contributed by atoms with Gasteiger partial charge < -0.3 is 30.7 Å². The van der Waals surface area contributed by atoms with Crippen molar-refractivity contribution in [3.63, 3.8) is 0 Å². The summed E-state index contributed by atoms with van der Waals surface area (Å²) in [5.74, 6) is -0.0972. The number of benzene rings is 1. The maximum atomic E-state index is 13.2. The van der Waals surface area contributed by atoms with Crippen LogP contribution in [-0.2, 0) is 20.4 Å². The molecule has 1 saturated heterocycles. The van der Waals surface area contributed by atoms with Gasteiger partial charge in [-0.25, -0.2) is 9.48 Å². The molecule has 0 saturated carbocycles. The van der Waals surface area contributed by atoms with Crippen molar-refractivity contribution >= 4 is 13.4 Å². The van der Waals surface area contributed by atoms with Gasteiger partial charge in [0.25, 0.3) is 0 Å². The van der Waals surface area contributed by atoms with E-state index in [4.69, 9.17) is 15.0 Å². The summed E-state index contributed by atoms with van der Waals surface area (Å²) in [6.07, 6.45) is -2.07. The van der Waals surface area contributed by atoms with E-state index < -0.39 is 48.8 Å². The Bertz CT molecular complexity index is 1490. The van der Waals surface area contributed by atoms with Crippen LogP contribution in [0.15, 0.2) is 47.5 Å². The molecule has 0 spiro atoms. The van der Waals surface area contributed by atoms with Gasteiger partial charge >= 0.3 is 13.3 Å². The normalized spacial score (nSPS) is 22.5. The van der Waals surface area contributed by atoms with Gasteiger partial charge in [0.05, 0.1) is 30.0 Å². The van der Waals surface area contributed by atoms with E-state index in [0.717, 1.165) is 10.1 Å². The number of ether oxygens (including phenoxy) is 1. The maximum absolute atomic E-state index is 13.2. The number of aliphatic hydroxyl groups excluding tert-OH is 2. The van der Waals surface area contributed by atoms with Crippen LogP contribution < -0.4 is 11.4 Å². The van der Waals surface area contributed by atoms with Crippen LogP contribution in [0.5, 0.6) is 0 Å². The Balaban J connectivity index is 1.59. The molecule has 0 radical (unpaired) electrons. The van der Waals surface area contributed by atoms with Gasteiger partial charge in [0, 0.05) is 12.6 Å². The fourth-order valence-electron chi connectivity index (χ4n) is 5.33. The van der Waals surface area contributed by atoms with Crippen molar-refractivity contribution in [3.8, 4) is 11.3 Å². The lowest BCUT2D eigenvalue weighted by atomic mass is 9.88. The Kier molecular flexibility index (Phi) is 9.92. The molecule has 2 aromatic heterocycles. The minimum atomic E-state index is -4.55. The molecule has 1 aliphatic rings. The maximum Gasteiger partial charge on any atom is 0.359 e. The third-order valence-corrected chi connectivity index (χ3v) is 10.8. The van der Waals surface area contributed by atoms with Crippen molar-refractivity contribution in [2.24, 2.45) is 0 Å². The van der Waals surface area contributed by atoms with Gasteiger partial charge in [-0.3, -0.25) is 13.7 Å². The van der Waals surface area contributed by atoms with E-state index in [1.54, 1.807) is 38.6 Å². The lowest BCUT2D eigenvalue weighted by Crippen LogP contribution is -2.42. The summed E-state index contributed by atoms with van der Waals surface area (Å²) < 4.78 is 27.7. The zero-order valence-corrected chi connectivity index (χ0v) is 25.7. The topological polar surface area (TPSA) is 208 Å². The van der Waals surface area contributed by atoms with Gasteiger partial charge in [0.2, 0.25) is 0 Å². The van der Waals surface area contributed by atoms with E-state index in [-0.39, 0.29) is 43.5 Å². The summed E-state index contributed by atoms with van der Waals surface area (Å²) >= 11 is 0. The second-order valence-corrected chi connectivity index (χ2v) is 13.0. The fourth-order valence-corrected chi connectivity index (χ4v) is 7.15. The van der Waals surface area contributed by atoms with Crippen molar-refractivity contribution in [1.29, 1.82) is 0 Å². The van der Waals surface area contributed by atoms with Gasteiger partial charge in [-0.2, -0.15) is 4.98 Å². The summed E-state index contributed by atoms with van der Waals surface area (Å²) in [7, 11) is -4.55. The highest BCUT2D eigenvalue weighted by atomic mass is 31.2. The molecule has 5 unspecified atom stereocenters. The standard InChI is InChI=1S/C28H41N6O8P/c1-5-27(6-2,42-43(39,40)28(38,7-3)8-4)14-21-22(35)23(36)25(41-21)34-16-19(24(29)30-26(34)37)20-17-33(32-31-20)15-18-12-10-9-11-13-18/h9-13,16-17,21-23,25,35-36,38H,5-8,14-15H2,1-4H3,(H,39,40)(H2,29,30,37). The average molecular weight is 621 g/mol. The summed E-state index contributed by atoms with van der Waals surface area (Å²) in [5.41, 5.74) is 5.57. The molecule has 4 rings (SSSR count). The van der Waals surface area contributed by atoms with E-state index in [9.17, 15) is 29.6 Å². The zero-order valence-electron chi connectivity index (χ0n) is 24.8. The monoisotopic (exact) mass is 620 g/mol. The average Bonchev–Trinajstić information content (AvgIpc) is 3.56. The molecule has 1 aliphatic heterocycles. The summed E-state index contributed by atoms with van der Waals surface area (Å²) in [4.78, 5) is 27.6. The second kappa shape index (κ2) is 12.9. The van der Waals surface area contributed by atoms with Crippen LogP contribution in [0.2, 0.25) is 0 Å². The van der Waals surface area contributed by atoms with Crippen molar-refractivity contribution < 1.29 is 34.0 Å². The largest absolute Gasteiger partial charge is 0.388 e. The Hall–Kier alpha value is -2.97. The molecule has 0 aliphatic carbocycles. The Morgan fingerprint density at radius 3 is 2.30 bits per heavy atom. The molecule has 1 aromatic carbocycles. The highest BCUT2D eigenvalue weighted by Gasteiger charge is 2.52. The van der Waals surface area contributed by atoms with Crippen molar-refractivity contribution in [2.45, 2.75) is 102 Å². The Morgan fingerprint density at radius 2 is 1.70 bits per heavy atom. The first-order valence-electron chi connectivity index (χ1n) is 14.4. The minimum absolute atomic E-state index is 0.000464. The fraction of sp³-hybridized carbons (Fsp3) is 0.571. The number of nitrogens with zero attached hydrogens (tertiary/aromatic N) is 5. The Labute approximate surface area is 249 Å². The quantitative estimate of drug-likeness (QED) is 0.175. The van der Waals surface area contributed by atoms with Crippen molar-refractivity contribution in [1.82, 2.24) is 24.5 Å². The van der Waals surface area contributed by atoms with Crippen LogP contribution >= 0.6 is 7.60 Å². The summed E-state index contributed by atoms with van der Waals surface area (Å²) in [5, 5.41) is 39.1. The SMILES string of the molecule is CCC(CC)(CC1OC(n2cc(-c3cn(Cc4ccccc4)nn3)c(N)nc2=O)C(O)C1O)OP(=O)(O)C(O)(CC)CC. The van der Waals surface area contributed by atoms with Crippen LogP contribution in [-0.4, -0.2) is 74.0 Å². The van der Waals surface area contributed by atoms with Crippen LogP contribution in [0.4, 0.5) is 5.82 Å². The van der Waals surface area contributed by atoms with Gasteiger partial charge in [0.1, 0.15) is 23.7 Å². The number of hydrogen-bond donors (Lipinski definition) is 5. The van der Waals surface area contributed by atoms with Crippen LogP contribution in [0.1, 0.15) is 71.6 Å². The van der Waals surface area contributed by atoms with Crippen LogP contribution in [0, 0.1) is 0 Å². The molecule has 3 heterocycles. The number of rotatable bonds is 13. The molecule has 1 fully saturated rings. The first kappa shape index (κ1) is 32.9. The molecular weight excluding hydrogens is 579 g/mol. The first-order chi connectivity index (χ1) is 20.3. The summed E-state index contributed by atoms with van der Waals surface area (Å²) in [6, 6.07) is 9.63. The second-order valence-electron chi connectivity index (χ2n) is 11.0. The number of nitrogen functional groups attached to an aromatic ring is 1. The molecule has 15 heteroatoms. The van der Waals surface area contributed by atoms with Gasteiger partial charge in [-0.1, -0.05) is 63.2 Å². The molecule has 236 valence electrons. The van der Waals surface area contributed by atoms with E-state index in [1.165, 1.54) is 6.20 Å². The third kappa shape index (κ3) is 6.60. The molecule has 6 N–H and O–H groups in total. The number of aromatic nitrogens is 5. The van der Waals surface area contributed by atoms with Gasteiger partial charge in [-0.15, -0.1) is 5.10 Å². The number of anilines is 1.